The second-order valence-corrected chi connectivity index (χ2v) is 20.3. The first kappa shape index (κ1) is 44.7. The van der Waals surface area contributed by atoms with Crippen LogP contribution < -0.4 is 19.7 Å². The van der Waals surface area contributed by atoms with Gasteiger partial charge in [0.1, 0.15) is 17.1 Å². The molecule has 3 aliphatic carbocycles. The zero-order chi connectivity index (χ0) is 45.1. The fraction of sp³-hybridized carbons (Fsp3) is 0.429. The minimum atomic E-state index is -4.58. The molecule has 9 rings (SSSR count). The molecule has 2 aromatic heterocycles. The van der Waals surface area contributed by atoms with Crippen LogP contribution in [0.25, 0.3) is 16.6 Å². The third kappa shape index (κ3) is 10.0. The van der Waals surface area contributed by atoms with Gasteiger partial charge in [-0.2, -0.15) is 0 Å². The number of rotatable bonds is 14. The summed E-state index contributed by atoms with van der Waals surface area (Å²) < 4.78 is 42.0. The molecule has 2 saturated carbocycles. The van der Waals surface area contributed by atoms with Crippen LogP contribution in [0.5, 0.6) is 11.5 Å². The standard InChI is InChI=1S/C49H56ClN7O7S/c1-63-38-13-7-33(8-14-38)30-52-43-16-15-40(28-45(43)57(59)60)65(61,62)54-48(58)42-5-4-6-44(46(42)64-39-27-35-18-22-51-47(35)53-31-39)56-25-23-55(24-26-56)32-36-29-49(19-2-3-20-49)21-17-41(36)34-9-11-37(50)12-10-34/h4-6,9-12,15-16,18,22,27-28,31,33,38,52H,2-3,7-8,13-14,17,19-21,23-26,29-30,32H2,1H3,(H,51,53)(H,54,58). The number of para-hydroxylation sites is 1. The first-order valence-electron chi connectivity index (χ1n) is 22.8. The van der Waals surface area contributed by atoms with E-state index < -0.39 is 31.4 Å². The lowest BCUT2D eigenvalue weighted by molar-refractivity contribution is -0.384. The lowest BCUT2D eigenvalue weighted by Crippen LogP contribution is -2.47. The normalized spacial score (nSPS) is 20.3. The molecule has 0 radical (unpaired) electrons. The maximum atomic E-state index is 14.2. The Morgan fingerprint density at radius 1 is 0.985 bits per heavy atom. The van der Waals surface area contributed by atoms with Crippen molar-refractivity contribution in [1.29, 1.82) is 0 Å². The van der Waals surface area contributed by atoms with Crippen LogP contribution in [0.15, 0.2) is 95.7 Å². The quantitative estimate of drug-likeness (QED) is 0.0715. The number of aromatic amines is 1. The molecule has 0 atom stereocenters. The molecule has 5 aromatic rings. The van der Waals surface area contributed by atoms with Crippen LogP contribution in [0, 0.1) is 21.4 Å². The number of hydrogen-bond donors (Lipinski definition) is 3. The summed E-state index contributed by atoms with van der Waals surface area (Å²) in [6, 6.07) is 20.7. The Morgan fingerprint density at radius 3 is 2.49 bits per heavy atom. The Bertz CT molecular complexity index is 2680. The number of carbonyl (C=O) groups is 1. The molecular weight excluding hydrogens is 866 g/mol. The average Bonchev–Trinajstić information content (AvgIpc) is 3.98. The molecule has 1 amide bonds. The number of aromatic nitrogens is 2. The Balaban J connectivity index is 0.947. The van der Waals surface area contributed by atoms with E-state index in [1.165, 1.54) is 67.0 Å². The third-order valence-electron chi connectivity index (χ3n) is 14.2. The van der Waals surface area contributed by atoms with Crippen molar-refractivity contribution >= 4 is 61.2 Å². The maximum absolute atomic E-state index is 14.2. The highest BCUT2D eigenvalue weighted by atomic mass is 35.5. The van der Waals surface area contributed by atoms with E-state index in [9.17, 15) is 23.3 Å². The van der Waals surface area contributed by atoms with Crippen LogP contribution in [0.2, 0.25) is 5.02 Å². The van der Waals surface area contributed by atoms with Gasteiger partial charge in [-0.1, -0.05) is 48.2 Å². The van der Waals surface area contributed by atoms with E-state index in [4.69, 9.17) is 21.1 Å². The van der Waals surface area contributed by atoms with Crippen LogP contribution in [0.1, 0.15) is 86.6 Å². The van der Waals surface area contributed by atoms with Gasteiger partial charge in [0.2, 0.25) is 0 Å². The SMILES string of the molecule is COC1CCC(CNc2ccc(S(=O)(=O)NC(=O)c3cccc(N4CCN(CC5=C(c6ccc(Cl)cc6)CCC6(CCCC6)C5)CC4)c3Oc3cnc4[nH]ccc4c3)cc2[N+](=O)[O-])CC1. The van der Waals surface area contributed by atoms with Crippen LogP contribution in [-0.2, 0) is 14.8 Å². The Kier molecular flexibility index (Phi) is 13.2. The van der Waals surface area contributed by atoms with Gasteiger partial charge in [-0.15, -0.1) is 0 Å². The van der Waals surface area contributed by atoms with Gasteiger partial charge >= 0.3 is 0 Å². The minimum absolute atomic E-state index is 0.0134. The molecule has 16 heteroatoms. The number of halogens is 1. The topological polar surface area (TPSA) is 172 Å². The van der Waals surface area contributed by atoms with E-state index in [1.807, 2.05) is 24.3 Å². The van der Waals surface area contributed by atoms with E-state index in [0.29, 0.717) is 48.1 Å². The number of H-pyrrole nitrogens is 1. The molecular formula is C49H56ClN7O7S. The monoisotopic (exact) mass is 921 g/mol. The highest BCUT2D eigenvalue weighted by molar-refractivity contribution is 7.90. The summed E-state index contributed by atoms with van der Waals surface area (Å²) in [5.41, 5.74) is 5.70. The van der Waals surface area contributed by atoms with Crippen molar-refractivity contribution in [2.45, 2.75) is 81.6 Å². The number of fused-ring (bicyclic) bond motifs is 1. The summed E-state index contributed by atoms with van der Waals surface area (Å²) in [7, 11) is -2.87. The number of amides is 1. The molecule has 3 N–H and O–H groups in total. The third-order valence-corrected chi connectivity index (χ3v) is 15.7. The molecule has 342 valence electrons. The van der Waals surface area contributed by atoms with Gasteiger partial charge in [-0.05, 0) is 129 Å². The number of nitrogens with zero attached hydrogens (tertiary/aromatic N) is 4. The Labute approximate surface area is 384 Å². The number of anilines is 2. The van der Waals surface area contributed by atoms with Gasteiger partial charge in [0.25, 0.3) is 21.6 Å². The largest absolute Gasteiger partial charge is 0.453 e. The number of carbonyl (C=O) groups excluding carboxylic acids is 1. The molecule has 0 bridgehead atoms. The molecule has 1 saturated heterocycles. The fourth-order valence-corrected chi connectivity index (χ4v) is 11.6. The molecule has 65 heavy (non-hydrogen) atoms. The number of piperazine rings is 1. The second-order valence-electron chi connectivity index (χ2n) is 18.2. The zero-order valence-corrected chi connectivity index (χ0v) is 38.3. The number of pyridine rings is 1. The number of hydrogen-bond acceptors (Lipinski definition) is 11. The average molecular weight is 923 g/mol. The van der Waals surface area contributed by atoms with Crippen LogP contribution in [0.3, 0.4) is 0 Å². The van der Waals surface area contributed by atoms with Crippen LogP contribution in [-0.4, -0.2) is 86.6 Å². The summed E-state index contributed by atoms with van der Waals surface area (Å²) >= 11 is 6.30. The Hall–Kier alpha value is -5.48. The van der Waals surface area contributed by atoms with Crippen LogP contribution in [0.4, 0.5) is 17.1 Å². The van der Waals surface area contributed by atoms with Gasteiger partial charge in [0.05, 0.1) is 33.4 Å². The number of methoxy groups -OCH3 is 1. The van der Waals surface area contributed by atoms with E-state index >= 15 is 0 Å². The van der Waals surface area contributed by atoms with Crippen molar-refractivity contribution < 1.29 is 27.6 Å². The summed E-state index contributed by atoms with van der Waals surface area (Å²) in [4.78, 5) is 37.7. The number of allylic oxidation sites excluding steroid dienone is 1. The Morgan fingerprint density at radius 2 is 1.75 bits per heavy atom. The fourth-order valence-electron chi connectivity index (χ4n) is 10.5. The molecule has 3 fully saturated rings. The summed E-state index contributed by atoms with van der Waals surface area (Å²) in [5, 5.41) is 16.9. The van der Waals surface area contributed by atoms with E-state index in [0.717, 1.165) is 74.6 Å². The number of benzene rings is 3. The van der Waals surface area contributed by atoms with Gasteiger partial charge in [-0.3, -0.25) is 19.8 Å². The van der Waals surface area contributed by atoms with Crippen LogP contribution >= 0.6 is 11.6 Å². The van der Waals surface area contributed by atoms with Gasteiger partial charge < -0.3 is 24.7 Å². The summed E-state index contributed by atoms with van der Waals surface area (Å²) in [5.74, 6) is -0.0887. The zero-order valence-electron chi connectivity index (χ0n) is 36.7. The van der Waals surface area contributed by atoms with Crippen molar-refractivity contribution in [2.75, 3.05) is 56.6 Å². The molecule has 1 spiro atoms. The van der Waals surface area contributed by atoms with Crippen molar-refractivity contribution in [3.05, 3.63) is 117 Å². The minimum Gasteiger partial charge on any atom is -0.453 e. The number of nitro groups is 1. The smallest absolute Gasteiger partial charge is 0.293 e. The van der Waals surface area contributed by atoms with E-state index in [1.54, 1.807) is 31.6 Å². The second kappa shape index (κ2) is 19.2. The van der Waals surface area contributed by atoms with E-state index in [-0.39, 0.29) is 23.1 Å². The van der Waals surface area contributed by atoms with Crippen molar-refractivity contribution in [1.82, 2.24) is 19.6 Å². The predicted molar refractivity (Wildman–Crippen MR) is 253 cm³/mol. The summed E-state index contributed by atoms with van der Waals surface area (Å²) in [6.45, 7) is 4.20. The van der Waals surface area contributed by atoms with Crippen molar-refractivity contribution in [3.63, 3.8) is 0 Å². The highest BCUT2D eigenvalue weighted by Crippen LogP contribution is 2.52. The van der Waals surface area contributed by atoms with Crippen molar-refractivity contribution in [3.8, 4) is 11.5 Å². The molecule has 1 aliphatic heterocycles. The first-order valence-corrected chi connectivity index (χ1v) is 24.6. The number of ether oxygens (including phenoxy) is 2. The van der Waals surface area contributed by atoms with Crippen molar-refractivity contribution in [2.24, 2.45) is 11.3 Å². The van der Waals surface area contributed by atoms with Gasteiger partial charge in [0.15, 0.2) is 5.75 Å². The maximum Gasteiger partial charge on any atom is 0.293 e. The number of nitro benzene ring substituents is 1. The lowest BCUT2D eigenvalue weighted by Gasteiger charge is -2.41. The summed E-state index contributed by atoms with van der Waals surface area (Å²) in [6.07, 6.45) is 15.8. The van der Waals surface area contributed by atoms with Gasteiger partial charge in [0, 0.05) is 69.1 Å². The lowest BCUT2D eigenvalue weighted by atomic mass is 9.69. The molecule has 0 unspecified atom stereocenters. The predicted octanol–water partition coefficient (Wildman–Crippen LogP) is 9.97. The molecule has 14 nitrogen and oxygen atoms in total. The molecule has 4 aliphatic rings. The highest BCUT2D eigenvalue weighted by Gasteiger charge is 2.39. The molecule has 3 aromatic carbocycles. The van der Waals surface area contributed by atoms with Gasteiger partial charge in [-0.25, -0.2) is 18.1 Å². The van der Waals surface area contributed by atoms with E-state index in [2.05, 4.69) is 41.9 Å². The number of sulfonamides is 1. The first-order chi connectivity index (χ1) is 31.5. The number of nitrogens with one attached hydrogen (secondary N) is 3. The molecule has 3 heterocycles.